The largest absolute Gasteiger partial charge is 0.284 e. The lowest BCUT2D eigenvalue weighted by molar-refractivity contribution is 0.317. The van der Waals surface area contributed by atoms with E-state index >= 15 is 0 Å². The molecule has 1 aliphatic rings. The Morgan fingerprint density at radius 3 is 2.78 bits per heavy atom. The van der Waals surface area contributed by atoms with Crippen LogP contribution in [0.4, 0.5) is 0 Å². The van der Waals surface area contributed by atoms with Crippen LogP contribution in [0, 0.1) is 0 Å². The van der Waals surface area contributed by atoms with Crippen LogP contribution in [-0.4, -0.2) is 50.6 Å². The molecular weight excluding hydrogens is 316 g/mol. The maximum Gasteiger partial charge on any atom is 0.246 e. The molecule has 4 heterocycles. The van der Waals surface area contributed by atoms with Crippen molar-refractivity contribution in [3.63, 3.8) is 0 Å². The van der Waals surface area contributed by atoms with Gasteiger partial charge >= 0.3 is 0 Å². The summed E-state index contributed by atoms with van der Waals surface area (Å²) in [6.07, 6.45) is 7.88. The van der Waals surface area contributed by atoms with E-state index in [0.717, 1.165) is 24.2 Å². The van der Waals surface area contributed by atoms with Crippen LogP contribution in [0.15, 0.2) is 41.8 Å². The van der Waals surface area contributed by atoms with Crippen LogP contribution >= 0.6 is 0 Å². The van der Waals surface area contributed by atoms with Gasteiger partial charge in [0.1, 0.15) is 4.90 Å². The number of H-pyrrole nitrogens is 1. The average molecular weight is 332 g/mol. The number of hydrogen-bond donors (Lipinski definition) is 1. The Kier molecular flexibility index (Phi) is 3.38. The first kappa shape index (κ1) is 14.3. The predicted octanol–water partition coefficient (Wildman–Crippen LogP) is 1.02. The quantitative estimate of drug-likeness (QED) is 0.772. The van der Waals surface area contributed by atoms with Gasteiger partial charge in [0.05, 0.1) is 12.4 Å². The minimum absolute atomic E-state index is 0.217. The van der Waals surface area contributed by atoms with Crippen molar-refractivity contribution in [2.75, 3.05) is 13.1 Å². The maximum absolute atomic E-state index is 12.5. The summed E-state index contributed by atoms with van der Waals surface area (Å²) >= 11 is 0. The molecule has 9 heteroatoms. The van der Waals surface area contributed by atoms with Crippen LogP contribution < -0.4 is 0 Å². The van der Waals surface area contributed by atoms with Crippen molar-refractivity contribution in [1.29, 1.82) is 0 Å². The van der Waals surface area contributed by atoms with Crippen molar-refractivity contribution in [3.8, 4) is 0 Å². The third kappa shape index (κ3) is 2.51. The highest BCUT2D eigenvalue weighted by Gasteiger charge is 2.31. The fourth-order valence-electron chi connectivity index (χ4n) is 2.98. The van der Waals surface area contributed by atoms with E-state index in [9.17, 15) is 8.42 Å². The Morgan fingerprint density at radius 2 is 2.04 bits per heavy atom. The van der Waals surface area contributed by atoms with Gasteiger partial charge in [0.25, 0.3) is 0 Å². The summed E-state index contributed by atoms with van der Waals surface area (Å²) in [4.78, 5) is 4.83. The molecule has 0 atom stereocenters. The van der Waals surface area contributed by atoms with Crippen LogP contribution in [0.2, 0.25) is 0 Å². The molecule has 3 aromatic heterocycles. The number of piperidine rings is 1. The fraction of sp³-hybridized carbons (Fsp3) is 0.357. The first-order valence-electron chi connectivity index (χ1n) is 7.44. The summed E-state index contributed by atoms with van der Waals surface area (Å²) in [5, 5.41) is 10.4. The van der Waals surface area contributed by atoms with Crippen molar-refractivity contribution in [3.05, 3.63) is 42.6 Å². The van der Waals surface area contributed by atoms with Crippen molar-refractivity contribution in [2.24, 2.45) is 0 Å². The van der Waals surface area contributed by atoms with Crippen LogP contribution in [0.1, 0.15) is 24.5 Å². The van der Waals surface area contributed by atoms with Crippen LogP contribution in [0.5, 0.6) is 0 Å². The summed E-state index contributed by atoms with van der Waals surface area (Å²) in [5.74, 6) is 0.269. The molecule has 1 N–H and O–H groups in total. The normalized spacial score (nSPS) is 17.7. The number of sulfonamides is 1. The molecule has 4 rings (SSSR count). The number of fused-ring (bicyclic) bond motifs is 1. The Morgan fingerprint density at radius 1 is 1.22 bits per heavy atom. The molecule has 0 saturated carbocycles. The smallest absolute Gasteiger partial charge is 0.246 e. The number of rotatable bonds is 3. The van der Waals surface area contributed by atoms with Crippen LogP contribution in [-0.2, 0) is 10.0 Å². The van der Waals surface area contributed by atoms with Gasteiger partial charge in [0.2, 0.25) is 10.0 Å². The molecular formula is C14H16N6O2S. The van der Waals surface area contributed by atoms with E-state index in [1.807, 2.05) is 18.3 Å². The van der Waals surface area contributed by atoms with Gasteiger partial charge in [-0.25, -0.2) is 17.9 Å². The minimum Gasteiger partial charge on any atom is -0.284 e. The SMILES string of the molecule is O=S(=O)(c1cn[nH]c1)N1CCC(c2ccn3nccc3n2)CC1. The monoisotopic (exact) mass is 332 g/mol. The van der Waals surface area contributed by atoms with E-state index in [1.165, 1.54) is 16.7 Å². The first-order valence-corrected chi connectivity index (χ1v) is 8.88. The van der Waals surface area contributed by atoms with E-state index in [0.29, 0.717) is 13.1 Å². The zero-order valence-corrected chi connectivity index (χ0v) is 13.1. The van der Waals surface area contributed by atoms with E-state index in [2.05, 4.69) is 20.3 Å². The highest BCUT2D eigenvalue weighted by molar-refractivity contribution is 7.89. The number of nitrogens with zero attached hydrogens (tertiary/aromatic N) is 5. The zero-order chi connectivity index (χ0) is 15.9. The van der Waals surface area contributed by atoms with E-state index in [4.69, 9.17) is 0 Å². The summed E-state index contributed by atoms with van der Waals surface area (Å²) in [7, 11) is -3.44. The third-order valence-electron chi connectivity index (χ3n) is 4.26. The Labute approximate surface area is 133 Å². The number of nitrogens with one attached hydrogen (secondary N) is 1. The number of hydrogen-bond acceptors (Lipinski definition) is 5. The van der Waals surface area contributed by atoms with Crippen molar-refractivity contribution < 1.29 is 8.42 Å². The van der Waals surface area contributed by atoms with Gasteiger partial charge in [-0.15, -0.1) is 0 Å². The third-order valence-corrected chi connectivity index (χ3v) is 6.13. The van der Waals surface area contributed by atoms with Crippen molar-refractivity contribution >= 4 is 15.7 Å². The molecule has 0 aliphatic carbocycles. The molecule has 120 valence electrons. The van der Waals surface area contributed by atoms with Crippen molar-refractivity contribution in [1.82, 2.24) is 29.1 Å². The minimum atomic E-state index is -3.44. The van der Waals surface area contributed by atoms with Crippen LogP contribution in [0.3, 0.4) is 0 Å². The molecule has 8 nitrogen and oxygen atoms in total. The second-order valence-corrected chi connectivity index (χ2v) is 7.54. The Hall–Kier alpha value is -2.26. The van der Waals surface area contributed by atoms with Crippen molar-refractivity contribution in [2.45, 2.75) is 23.7 Å². The van der Waals surface area contributed by atoms with Gasteiger partial charge in [0.15, 0.2) is 5.65 Å². The molecule has 0 spiro atoms. The summed E-state index contributed by atoms with van der Waals surface area (Å²) in [5.41, 5.74) is 1.81. The molecule has 1 saturated heterocycles. The van der Waals surface area contributed by atoms with E-state index in [-0.39, 0.29) is 10.8 Å². The second-order valence-electron chi connectivity index (χ2n) is 5.60. The highest BCUT2D eigenvalue weighted by Crippen LogP contribution is 2.29. The molecule has 23 heavy (non-hydrogen) atoms. The summed E-state index contributed by atoms with van der Waals surface area (Å²) in [6, 6.07) is 3.83. The topological polar surface area (TPSA) is 96.2 Å². The Bertz CT molecular complexity index is 910. The van der Waals surface area contributed by atoms with Crippen LogP contribution in [0.25, 0.3) is 5.65 Å². The average Bonchev–Trinajstić information content (AvgIpc) is 3.26. The molecule has 1 fully saturated rings. The first-order chi connectivity index (χ1) is 11.1. The molecule has 1 aliphatic heterocycles. The highest BCUT2D eigenvalue weighted by atomic mass is 32.2. The van der Waals surface area contributed by atoms with Gasteiger partial charge in [-0.1, -0.05) is 0 Å². The van der Waals surface area contributed by atoms with E-state index in [1.54, 1.807) is 10.7 Å². The fourth-order valence-corrected chi connectivity index (χ4v) is 4.35. The summed E-state index contributed by atoms with van der Waals surface area (Å²) in [6.45, 7) is 0.981. The lowest BCUT2D eigenvalue weighted by atomic mass is 9.94. The van der Waals surface area contributed by atoms with Gasteiger partial charge in [0, 0.05) is 43.2 Å². The molecule has 0 aromatic carbocycles. The standard InChI is InChI=1S/C14H16N6O2S/c21-23(22,12-9-15-16-10-12)19-6-2-11(3-7-19)13-4-8-20-14(18-13)1-5-17-20/h1,4-5,8-11H,2-3,6-7H2,(H,15,16). The molecule has 0 unspecified atom stereocenters. The molecule has 0 amide bonds. The summed E-state index contributed by atoms with van der Waals surface area (Å²) < 4.78 is 28.2. The van der Waals surface area contributed by atoms with E-state index < -0.39 is 10.0 Å². The predicted molar refractivity (Wildman–Crippen MR) is 82.3 cm³/mol. The van der Waals surface area contributed by atoms with Gasteiger partial charge in [-0.3, -0.25) is 5.10 Å². The second kappa shape index (κ2) is 5.43. The zero-order valence-electron chi connectivity index (χ0n) is 12.3. The number of aromatic amines is 1. The number of aromatic nitrogens is 5. The lowest BCUT2D eigenvalue weighted by Crippen LogP contribution is -2.37. The van der Waals surface area contributed by atoms with Gasteiger partial charge in [-0.05, 0) is 18.9 Å². The van der Waals surface area contributed by atoms with Gasteiger partial charge < -0.3 is 0 Å². The van der Waals surface area contributed by atoms with Gasteiger partial charge in [-0.2, -0.15) is 14.5 Å². The lowest BCUT2D eigenvalue weighted by Gasteiger charge is -2.30. The molecule has 0 bridgehead atoms. The molecule has 0 radical (unpaired) electrons. The maximum atomic E-state index is 12.5. The molecule has 3 aromatic rings. The Balaban J connectivity index is 1.50.